The van der Waals surface area contributed by atoms with Gasteiger partial charge in [-0.15, -0.1) is 0 Å². The van der Waals surface area contributed by atoms with Crippen LogP contribution in [0.1, 0.15) is 36.6 Å². The van der Waals surface area contributed by atoms with E-state index in [1.807, 2.05) is 43.6 Å². The Morgan fingerprint density at radius 1 is 1.31 bits per heavy atom. The van der Waals surface area contributed by atoms with Gasteiger partial charge in [0.15, 0.2) is 11.6 Å². The normalized spacial score (nSPS) is 26.8. The predicted molar refractivity (Wildman–Crippen MR) is 110 cm³/mol. The van der Waals surface area contributed by atoms with Gasteiger partial charge < -0.3 is 15.6 Å². The third-order valence-electron chi connectivity index (χ3n) is 5.69. The molecule has 0 spiro atoms. The van der Waals surface area contributed by atoms with Crippen molar-refractivity contribution in [2.45, 2.75) is 37.1 Å². The molecule has 0 bridgehead atoms. The van der Waals surface area contributed by atoms with Gasteiger partial charge >= 0.3 is 0 Å². The fourth-order valence-corrected chi connectivity index (χ4v) is 3.76. The molecule has 0 amide bonds. The molecule has 1 unspecified atom stereocenters. The fraction of sp³-hybridized carbons (Fsp3) is 0.350. The number of aliphatic imine (C=N–C) groups is 1. The van der Waals surface area contributed by atoms with Crippen LogP contribution in [0.25, 0.3) is 11.0 Å². The number of allylic oxidation sites excluding steroid dienone is 1. The molecule has 3 aromatic heterocycles. The van der Waals surface area contributed by atoms with Gasteiger partial charge in [-0.1, -0.05) is 6.92 Å². The minimum Gasteiger partial charge on any atom is -0.360 e. The maximum Gasteiger partial charge on any atom is 0.193 e. The molecule has 2 aliphatic rings. The van der Waals surface area contributed by atoms with E-state index in [-0.39, 0.29) is 11.8 Å². The van der Waals surface area contributed by atoms with Gasteiger partial charge in [0.25, 0.3) is 0 Å². The summed E-state index contributed by atoms with van der Waals surface area (Å²) in [6.07, 6.45) is 5.28. The number of aromatic nitrogens is 4. The third-order valence-corrected chi connectivity index (χ3v) is 5.69. The number of fused-ring (bicyclic) bond motifs is 1. The molecule has 1 aliphatic heterocycles. The van der Waals surface area contributed by atoms with Crippen molar-refractivity contribution in [1.29, 1.82) is 0 Å². The molecule has 150 valence electrons. The fourth-order valence-electron chi connectivity index (χ4n) is 3.76. The maximum atomic E-state index is 13.3. The van der Waals surface area contributed by atoms with E-state index in [0.29, 0.717) is 12.2 Å². The topological polar surface area (TPSA) is 106 Å². The number of hydrogen-bond donors (Lipinski definition) is 5. The average molecular weight is 394 g/mol. The van der Waals surface area contributed by atoms with Crippen molar-refractivity contribution in [3.05, 3.63) is 53.7 Å². The van der Waals surface area contributed by atoms with E-state index in [1.54, 1.807) is 6.21 Å². The van der Waals surface area contributed by atoms with Crippen LogP contribution in [-0.2, 0) is 0 Å². The van der Waals surface area contributed by atoms with E-state index in [9.17, 15) is 4.39 Å². The molecule has 1 saturated carbocycles. The first-order chi connectivity index (χ1) is 14.1. The molecule has 4 atom stereocenters. The Morgan fingerprint density at radius 2 is 2.17 bits per heavy atom. The van der Waals surface area contributed by atoms with Crippen LogP contribution in [0.15, 0.2) is 47.4 Å². The van der Waals surface area contributed by atoms with Crippen LogP contribution in [0.2, 0.25) is 0 Å². The van der Waals surface area contributed by atoms with Gasteiger partial charge in [0.05, 0.1) is 17.0 Å². The first-order valence-corrected chi connectivity index (χ1v) is 9.71. The highest BCUT2D eigenvalue weighted by Crippen LogP contribution is 2.43. The van der Waals surface area contributed by atoms with Gasteiger partial charge in [-0.2, -0.15) is 5.10 Å². The molecule has 0 saturated heterocycles. The molecule has 0 aromatic carbocycles. The number of halogens is 1. The highest BCUT2D eigenvalue weighted by atomic mass is 19.1. The van der Waals surface area contributed by atoms with Crippen LogP contribution in [0.5, 0.6) is 0 Å². The second-order valence-electron chi connectivity index (χ2n) is 7.56. The largest absolute Gasteiger partial charge is 0.360 e. The van der Waals surface area contributed by atoms with Gasteiger partial charge in [-0.05, 0) is 37.7 Å². The van der Waals surface area contributed by atoms with Crippen LogP contribution in [0, 0.1) is 0 Å². The second-order valence-corrected chi connectivity index (χ2v) is 7.56. The molecular formula is C20H23FN8. The van der Waals surface area contributed by atoms with Crippen molar-refractivity contribution >= 4 is 23.1 Å². The van der Waals surface area contributed by atoms with Crippen LogP contribution in [0.3, 0.4) is 0 Å². The van der Waals surface area contributed by atoms with Crippen molar-refractivity contribution in [2.24, 2.45) is 4.99 Å². The van der Waals surface area contributed by atoms with Crippen molar-refractivity contribution in [3.63, 3.8) is 0 Å². The van der Waals surface area contributed by atoms with Gasteiger partial charge in [0, 0.05) is 35.8 Å². The second kappa shape index (κ2) is 6.70. The highest BCUT2D eigenvalue weighted by Gasteiger charge is 2.40. The number of rotatable bonds is 6. The van der Waals surface area contributed by atoms with Gasteiger partial charge in [-0.3, -0.25) is 15.4 Å². The minimum absolute atomic E-state index is 0.0567. The van der Waals surface area contributed by atoms with E-state index < -0.39 is 12.0 Å². The lowest BCUT2D eigenvalue weighted by atomic mass is 9.97. The molecule has 3 aromatic rings. The predicted octanol–water partition coefficient (Wildman–Crippen LogP) is 2.72. The smallest absolute Gasteiger partial charge is 0.193 e. The molecule has 9 heteroatoms. The molecule has 1 fully saturated rings. The number of aromatic amines is 2. The van der Waals surface area contributed by atoms with Crippen molar-refractivity contribution in [2.75, 3.05) is 12.4 Å². The quantitative estimate of drug-likeness (QED) is 0.442. The van der Waals surface area contributed by atoms with Crippen LogP contribution in [0.4, 0.5) is 10.2 Å². The standard InChI is InChI=1S/C20H23FN8/c1-11(14-3-4-15-16(25-14)5-7-23-15)20(22-2)24-8-6-18(27-20)26-19-10-17(28-29-19)12-9-13(12)21/h3-8,10-13,22-23,27H,9H2,1-2H3,(H2,26,28,29)/t11-,12+,13-,20?/m0/s1. The van der Waals surface area contributed by atoms with E-state index >= 15 is 0 Å². The molecule has 5 rings (SSSR count). The summed E-state index contributed by atoms with van der Waals surface area (Å²) >= 11 is 0. The van der Waals surface area contributed by atoms with Crippen molar-refractivity contribution in [1.82, 2.24) is 30.8 Å². The number of nitrogens with zero attached hydrogens (tertiary/aromatic N) is 3. The van der Waals surface area contributed by atoms with E-state index in [0.717, 1.165) is 28.2 Å². The minimum atomic E-state index is -0.770. The molecule has 4 heterocycles. The summed E-state index contributed by atoms with van der Waals surface area (Å²) in [4.78, 5) is 12.6. The number of alkyl halides is 1. The summed E-state index contributed by atoms with van der Waals surface area (Å²) in [6, 6.07) is 7.85. The van der Waals surface area contributed by atoms with Crippen LogP contribution < -0.4 is 16.0 Å². The first kappa shape index (κ1) is 17.9. The van der Waals surface area contributed by atoms with Crippen molar-refractivity contribution < 1.29 is 4.39 Å². The lowest BCUT2D eigenvalue weighted by molar-refractivity contribution is 0.260. The Labute approximate surface area is 167 Å². The van der Waals surface area contributed by atoms with E-state index in [1.165, 1.54) is 0 Å². The number of hydrogen-bond acceptors (Lipinski definition) is 6. The Bertz CT molecular complexity index is 1100. The Morgan fingerprint density at radius 3 is 2.97 bits per heavy atom. The number of likely N-dealkylation sites (N-methyl/N-ethyl adjacent to an activating group) is 1. The van der Waals surface area contributed by atoms with E-state index in [2.05, 4.69) is 43.0 Å². The zero-order chi connectivity index (χ0) is 20.0. The number of pyridine rings is 1. The number of anilines is 1. The Kier molecular flexibility index (Phi) is 4.13. The number of nitrogens with one attached hydrogen (secondary N) is 5. The summed E-state index contributed by atoms with van der Waals surface area (Å²) in [7, 11) is 1.86. The third kappa shape index (κ3) is 3.17. The summed E-state index contributed by atoms with van der Waals surface area (Å²) < 4.78 is 13.3. The molecular weight excluding hydrogens is 371 g/mol. The van der Waals surface area contributed by atoms with Crippen molar-refractivity contribution in [3.8, 4) is 0 Å². The zero-order valence-electron chi connectivity index (χ0n) is 16.2. The summed E-state index contributed by atoms with van der Waals surface area (Å²) in [5.41, 5.74) is 3.66. The lowest BCUT2D eigenvalue weighted by Crippen LogP contribution is -2.59. The molecule has 29 heavy (non-hydrogen) atoms. The van der Waals surface area contributed by atoms with Crippen LogP contribution in [-0.4, -0.2) is 45.4 Å². The summed E-state index contributed by atoms with van der Waals surface area (Å²) in [5, 5.41) is 17.1. The Balaban J connectivity index is 1.35. The first-order valence-electron chi connectivity index (χ1n) is 9.71. The summed E-state index contributed by atoms with van der Waals surface area (Å²) in [6.45, 7) is 2.08. The maximum absolute atomic E-state index is 13.3. The SMILES string of the molecule is CNC1([C@@H](C)c2ccc3[nH]ccc3n2)N=CC=C(Nc2cc([C@@H]3C[C@@H]3F)[nH]n2)N1. The lowest BCUT2D eigenvalue weighted by Gasteiger charge is -2.38. The average Bonchev–Trinajstić information content (AvgIpc) is 3.12. The highest BCUT2D eigenvalue weighted by molar-refractivity contribution is 5.76. The molecule has 8 nitrogen and oxygen atoms in total. The zero-order valence-corrected chi connectivity index (χ0v) is 16.2. The monoisotopic (exact) mass is 394 g/mol. The van der Waals surface area contributed by atoms with Gasteiger partial charge in [0.1, 0.15) is 12.0 Å². The Hall–Kier alpha value is -3.20. The number of H-pyrrole nitrogens is 2. The molecule has 0 radical (unpaired) electrons. The van der Waals surface area contributed by atoms with Gasteiger partial charge in [-0.25, -0.2) is 9.38 Å². The van der Waals surface area contributed by atoms with Crippen LogP contribution >= 0.6 is 0 Å². The van der Waals surface area contributed by atoms with Gasteiger partial charge in [0.2, 0.25) is 0 Å². The molecule has 1 aliphatic carbocycles. The molecule has 5 N–H and O–H groups in total. The summed E-state index contributed by atoms with van der Waals surface area (Å²) in [5.74, 6) is 0.487. The van der Waals surface area contributed by atoms with E-state index in [4.69, 9.17) is 4.98 Å².